The van der Waals surface area contributed by atoms with Crippen LogP contribution in [0.4, 0.5) is 0 Å². The molecule has 0 unspecified atom stereocenters. The van der Waals surface area contributed by atoms with Crippen molar-refractivity contribution in [2.24, 2.45) is 14.1 Å². The molecule has 31 heavy (non-hydrogen) atoms. The van der Waals surface area contributed by atoms with E-state index in [1.807, 2.05) is 0 Å². The Hall–Kier alpha value is -2.63. The van der Waals surface area contributed by atoms with E-state index >= 15 is 0 Å². The molecule has 0 spiro atoms. The van der Waals surface area contributed by atoms with Crippen molar-refractivity contribution in [3.63, 3.8) is 0 Å². The maximum absolute atomic E-state index is 12.7. The molecule has 0 amide bonds. The van der Waals surface area contributed by atoms with Gasteiger partial charge in [-0.15, -0.1) is 0 Å². The molecule has 0 saturated heterocycles. The monoisotopic (exact) mass is 426 g/mol. The van der Waals surface area contributed by atoms with Gasteiger partial charge in [-0.05, 0) is 38.5 Å². The fraction of sp³-hybridized carbons (Fsp3) is 0.560. The summed E-state index contributed by atoms with van der Waals surface area (Å²) in [6.45, 7) is 2.62. The smallest absolute Gasteiger partial charge is 0.328 e. The molecule has 0 atom stereocenters. The number of hydrogen-bond donors (Lipinski definition) is 0. The van der Waals surface area contributed by atoms with E-state index in [0.29, 0.717) is 17.7 Å². The first kappa shape index (κ1) is 24.6. The van der Waals surface area contributed by atoms with Crippen LogP contribution < -0.4 is 11.2 Å². The molecule has 0 aromatic carbocycles. The molecule has 6 heteroatoms. The van der Waals surface area contributed by atoms with Gasteiger partial charge in [0, 0.05) is 20.6 Å². The molecule has 2 aromatic rings. The number of hydrogen-bond acceptors (Lipinski definition) is 3. The minimum atomic E-state index is -0.282. The maximum atomic E-state index is 12.7. The van der Waals surface area contributed by atoms with E-state index in [1.165, 1.54) is 28.4 Å². The highest BCUT2D eigenvalue weighted by Gasteiger charge is 2.14. The molecular weight excluding hydrogens is 388 g/mol. The second-order valence-corrected chi connectivity index (χ2v) is 8.03. The maximum Gasteiger partial charge on any atom is 0.332 e. The summed E-state index contributed by atoms with van der Waals surface area (Å²) < 4.78 is 4.50. The summed E-state index contributed by atoms with van der Waals surface area (Å²) in [5, 5.41) is 0. The van der Waals surface area contributed by atoms with Gasteiger partial charge in [0.05, 0.1) is 6.33 Å². The quantitative estimate of drug-likeness (QED) is 0.315. The molecule has 0 saturated carbocycles. The highest BCUT2D eigenvalue weighted by atomic mass is 16.2. The lowest BCUT2D eigenvalue weighted by atomic mass is 10.1. The lowest BCUT2D eigenvalue weighted by Gasteiger charge is -2.08. The summed E-state index contributed by atoms with van der Waals surface area (Å²) in [7, 11) is 3.45. The van der Waals surface area contributed by atoms with E-state index in [2.05, 4.69) is 48.4 Å². The van der Waals surface area contributed by atoms with Gasteiger partial charge in [-0.3, -0.25) is 13.9 Å². The van der Waals surface area contributed by atoms with Crippen molar-refractivity contribution in [3.8, 4) is 0 Å². The number of rotatable bonds is 14. The third-order valence-electron chi connectivity index (χ3n) is 5.48. The van der Waals surface area contributed by atoms with E-state index in [9.17, 15) is 9.59 Å². The molecular formula is C25H38N4O2. The average Bonchev–Trinajstić information content (AvgIpc) is 3.15. The molecule has 0 fully saturated rings. The average molecular weight is 427 g/mol. The number of unbranched alkanes of at least 4 members (excludes halogenated alkanes) is 6. The van der Waals surface area contributed by atoms with Crippen LogP contribution in [0.15, 0.2) is 52.4 Å². The van der Waals surface area contributed by atoms with Crippen molar-refractivity contribution in [1.29, 1.82) is 0 Å². The van der Waals surface area contributed by atoms with E-state index in [1.54, 1.807) is 25.0 Å². The van der Waals surface area contributed by atoms with Crippen molar-refractivity contribution in [2.45, 2.75) is 77.7 Å². The topological polar surface area (TPSA) is 61.8 Å². The standard InChI is InChI=1S/C25H38N4O2/c1-4-5-6-7-8-9-10-11-12-13-14-15-16-17-18-19-20-29-24(30)22-23(26-21-27(22)2)28(3)25(29)31/h5-6,8-9,11-12,21H,4,7,10,13-20H2,1-3H3/b6-5-,9-8-,12-11-. The molecule has 0 aliphatic heterocycles. The second-order valence-electron chi connectivity index (χ2n) is 8.03. The molecule has 2 aromatic heterocycles. The predicted octanol–water partition coefficient (Wildman–Crippen LogP) is 5.02. The van der Waals surface area contributed by atoms with E-state index < -0.39 is 0 Å². The number of aryl methyl sites for hydroxylation is 2. The van der Waals surface area contributed by atoms with Crippen LogP contribution in [0, 0.1) is 0 Å². The number of aromatic nitrogens is 4. The zero-order valence-electron chi connectivity index (χ0n) is 19.4. The summed E-state index contributed by atoms with van der Waals surface area (Å²) in [6.07, 6.45) is 25.9. The zero-order valence-corrected chi connectivity index (χ0v) is 19.4. The van der Waals surface area contributed by atoms with Crippen molar-refractivity contribution < 1.29 is 0 Å². The van der Waals surface area contributed by atoms with Crippen LogP contribution >= 0.6 is 0 Å². The van der Waals surface area contributed by atoms with Crippen molar-refractivity contribution >= 4 is 11.2 Å². The molecule has 0 aliphatic carbocycles. The van der Waals surface area contributed by atoms with Crippen LogP contribution in [0.3, 0.4) is 0 Å². The van der Waals surface area contributed by atoms with Crippen molar-refractivity contribution in [1.82, 2.24) is 18.7 Å². The van der Waals surface area contributed by atoms with Gasteiger partial charge >= 0.3 is 5.69 Å². The molecule has 6 nitrogen and oxygen atoms in total. The molecule has 0 radical (unpaired) electrons. The summed E-state index contributed by atoms with van der Waals surface area (Å²) in [5.41, 5.74) is 0.411. The van der Waals surface area contributed by atoms with Crippen LogP contribution in [0.2, 0.25) is 0 Å². The summed E-state index contributed by atoms with van der Waals surface area (Å²) in [6, 6.07) is 0. The van der Waals surface area contributed by atoms with Crippen LogP contribution in [0.25, 0.3) is 11.2 Å². The minimum absolute atomic E-state index is 0.239. The van der Waals surface area contributed by atoms with Gasteiger partial charge in [0.15, 0.2) is 11.2 Å². The third kappa shape index (κ3) is 7.53. The van der Waals surface area contributed by atoms with E-state index in [-0.39, 0.29) is 11.2 Å². The number of imidazole rings is 1. The molecule has 0 N–H and O–H groups in total. The predicted molar refractivity (Wildman–Crippen MR) is 129 cm³/mol. The van der Waals surface area contributed by atoms with Gasteiger partial charge in [-0.25, -0.2) is 9.78 Å². The highest BCUT2D eigenvalue weighted by molar-refractivity contribution is 5.69. The molecule has 170 valence electrons. The summed E-state index contributed by atoms with van der Waals surface area (Å²) >= 11 is 0. The minimum Gasteiger partial charge on any atom is -0.328 e. The Morgan fingerprint density at radius 1 is 0.839 bits per heavy atom. The number of fused-ring (bicyclic) bond motifs is 1. The Labute approximate surface area is 185 Å². The molecule has 2 heterocycles. The van der Waals surface area contributed by atoms with Gasteiger partial charge in [-0.2, -0.15) is 0 Å². The Morgan fingerprint density at radius 2 is 1.45 bits per heavy atom. The second kappa shape index (κ2) is 13.6. The normalized spacial score (nSPS) is 12.4. The number of allylic oxidation sites excluding steroid dienone is 6. The lowest BCUT2D eigenvalue weighted by molar-refractivity contribution is 0.524. The summed E-state index contributed by atoms with van der Waals surface area (Å²) in [4.78, 5) is 29.3. The first-order valence-electron chi connectivity index (χ1n) is 11.6. The fourth-order valence-corrected chi connectivity index (χ4v) is 3.66. The Balaban J connectivity index is 1.60. The van der Waals surface area contributed by atoms with Crippen molar-refractivity contribution in [2.75, 3.05) is 0 Å². The van der Waals surface area contributed by atoms with Crippen molar-refractivity contribution in [3.05, 3.63) is 63.6 Å². The Kier molecular flexibility index (Phi) is 10.8. The molecule has 2 rings (SSSR count). The number of nitrogens with zero attached hydrogens (tertiary/aromatic N) is 4. The van der Waals surface area contributed by atoms with Crippen LogP contribution in [0.1, 0.15) is 71.1 Å². The summed E-state index contributed by atoms with van der Waals surface area (Å²) in [5.74, 6) is 0. The largest absolute Gasteiger partial charge is 0.332 e. The van der Waals surface area contributed by atoms with Crippen LogP contribution in [-0.2, 0) is 20.6 Å². The van der Waals surface area contributed by atoms with Gasteiger partial charge in [0.1, 0.15) is 0 Å². The van der Waals surface area contributed by atoms with E-state index in [4.69, 9.17) is 0 Å². The van der Waals surface area contributed by atoms with Crippen LogP contribution in [0.5, 0.6) is 0 Å². The van der Waals surface area contributed by atoms with Gasteiger partial charge < -0.3 is 4.57 Å². The van der Waals surface area contributed by atoms with Crippen LogP contribution in [-0.4, -0.2) is 18.7 Å². The highest BCUT2D eigenvalue weighted by Crippen LogP contribution is 2.09. The van der Waals surface area contributed by atoms with Gasteiger partial charge in [0.2, 0.25) is 0 Å². The SMILES string of the molecule is CC/C=C\C/C=C\C/C=C\CCCCCCCCn1c(=O)c2c(ncn2C)n(C)c1=O. The first-order chi connectivity index (χ1) is 15.1. The first-order valence-corrected chi connectivity index (χ1v) is 11.6. The Morgan fingerprint density at radius 3 is 2.16 bits per heavy atom. The lowest BCUT2D eigenvalue weighted by Crippen LogP contribution is -2.39. The van der Waals surface area contributed by atoms with Gasteiger partial charge in [0.25, 0.3) is 5.56 Å². The van der Waals surface area contributed by atoms with Gasteiger partial charge in [-0.1, -0.05) is 69.1 Å². The molecule has 0 bridgehead atoms. The molecule has 0 aliphatic rings. The Bertz CT molecular complexity index is 1000. The van der Waals surface area contributed by atoms with E-state index in [0.717, 1.165) is 44.9 Å². The zero-order chi connectivity index (χ0) is 22.5. The fourth-order valence-electron chi connectivity index (χ4n) is 3.66. The third-order valence-corrected chi connectivity index (χ3v) is 5.48.